The number of nitrogens with one attached hydrogen (secondary N) is 2. The summed E-state index contributed by atoms with van der Waals surface area (Å²) in [6.07, 6.45) is 6.22. The number of rotatable bonds is 5. The third-order valence-electron chi connectivity index (χ3n) is 3.52. The zero-order chi connectivity index (χ0) is 13.7. The molecule has 0 saturated heterocycles. The van der Waals surface area contributed by atoms with E-state index in [0.717, 1.165) is 12.3 Å². The quantitative estimate of drug-likeness (QED) is 0.572. The number of hydrogen-bond donors (Lipinski definition) is 3. The lowest BCUT2D eigenvalue weighted by molar-refractivity contribution is 0.0947. The summed E-state index contributed by atoms with van der Waals surface area (Å²) in [5.74, 6) is 6.19. The maximum atomic E-state index is 12.0. The second-order valence-corrected chi connectivity index (χ2v) is 5.27. The molecule has 1 aliphatic rings. The maximum Gasteiger partial charge on any atom is 0.271 e. The molecular formula is C13H19ClN4O. The number of nitrogens with zero attached hydrogens (tertiary/aromatic N) is 1. The topological polar surface area (TPSA) is 80.0 Å². The first-order valence-corrected chi connectivity index (χ1v) is 7.00. The van der Waals surface area contributed by atoms with Crippen molar-refractivity contribution in [1.29, 1.82) is 0 Å². The summed E-state index contributed by atoms with van der Waals surface area (Å²) in [6, 6.07) is 3.23. The van der Waals surface area contributed by atoms with E-state index in [1.165, 1.54) is 25.7 Å². The van der Waals surface area contributed by atoms with Gasteiger partial charge < -0.3 is 10.7 Å². The summed E-state index contributed by atoms with van der Waals surface area (Å²) < 4.78 is 0. The van der Waals surface area contributed by atoms with Crippen LogP contribution in [0.5, 0.6) is 0 Å². The lowest BCUT2D eigenvalue weighted by atomic mass is 10.0. The molecule has 2 rings (SSSR count). The number of nitrogen functional groups attached to an aromatic ring is 1. The van der Waals surface area contributed by atoms with E-state index in [2.05, 4.69) is 15.7 Å². The molecule has 4 N–H and O–H groups in total. The molecule has 19 heavy (non-hydrogen) atoms. The predicted molar refractivity (Wildman–Crippen MR) is 76.0 cm³/mol. The third-order valence-corrected chi connectivity index (χ3v) is 3.83. The van der Waals surface area contributed by atoms with Crippen LogP contribution in [0.15, 0.2) is 12.1 Å². The van der Waals surface area contributed by atoms with E-state index >= 15 is 0 Å². The van der Waals surface area contributed by atoms with E-state index in [9.17, 15) is 4.79 Å². The Labute approximate surface area is 117 Å². The fraction of sp³-hybridized carbons (Fsp3) is 0.538. The van der Waals surface area contributed by atoms with Crippen LogP contribution >= 0.6 is 11.6 Å². The van der Waals surface area contributed by atoms with Crippen LogP contribution in [0.4, 0.5) is 5.82 Å². The Kier molecular flexibility index (Phi) is 4.99. The van der Waals surface area contributed by atoms with Gasteiger partial charge in [0.2, 0.25) is 0 Å². The molecule has 0 aromatic carbocycles. The Hall–Kier alpha value is -1.33. The molecule has 104 valence electrons. The number of nitrogens with two attached hydrogens (primary N) is 1. The summed E-state index contributed by atoms with van der Waals surface area (Å²) in [5.41, 5.74) is 2.61. The summed E-state index contributed by atoms with van der Waals surface area (Å²) in [6.45, 7) is 0.668. The van der Waals surface area contributed by atoms with Crippen LogP contribution in [0.25, 0.3) is 0 Å². The molecule has 1 amide bonds. The average molecular weight is 283 g/mol. The molecule has 1 aromatic rings. The Balaban J connectivity index is 1.88. The first-order chi connectivity index (χ1) is 9.20. The fourth-order valence-electron chi connectivity index (χ4n) is 2.45. The van der Waals surface area contributed by atoms with Crippen molar-refractivity contribution in [1.82, 2.24) is 10.3 Å². The normalized spacial score (nSPS) is 15.5. The SMILES string of the molecule is NNc1ccc(Cl)c(C(=O)NCCC2CCCC2)n1. The largest absolute Gasteiger partial charge is 0.351 e. The van der Waals surface area contributed by atoms with Crippen LogP contribution in [-0.4, -0.2) is 17.4 Å². The number of carbonyl (C=O) groups excluding carboxylic acids is 1. The number of aromatic nitrogens is 1. The second kappa shape index (κ2) is 6.73. The summed E-state index contributed by atoms with van der Waals surface area (Å²) in [4.78, 5) is 16.0. The molecule has 1 aromatic heterocycles. The first-order valence-electron chi connectivity index (χ1n) is 6.62. The van der Waals surface area contributed by atoms with E-state index < -0.39 is 0 Å². The standard InChI is InChI=1S/C13H19ClN4O/c14-10-5-6-11(18-15)17-12(10)13(19)16-8-7-9-3-1-2-4-9/h5-6,9H,1-4,7-8,15H2,(H,16,19)(H,17,18). The number of pyridine rings is 1. The average Bonchev–Trinajstić information content (AvgIpc) is 2.92. The van der Waals surface area contributed by atoms with E-state index in [1.54, 1.807) is 12.1 Å². The molecule has 0 atom stereocenters. The van der Waals surface area contributed by atoms with Crippen LogP contribution in [0.2, 0.25) is 5.02 Å². The number of hydrogen-bond acceptors (Lipinski definition) is 4. The van der Waals surface area contributed by atoms with Crippen molar-refractivity contribution >= 4 is 23.3 Å². The Morgan fingerprint density at radius 2 is 2.16 bits per heavy atom. The van der Waals surface area contributed by atoms with Crippen LogP contribution in [0.1, 0.15) is 42.6 Å². The van der Waals surface area contributed by atoms with Gasteiger partial charge in [0.15, 0.2) is 0 Å². The van der Waals surface area contributed by atoms with Crippen LogP contribution < -0.4 is 16.6 Å². The molecule has 1 aliphatic carbocycles. The molecule has 0 bridgehead atoms. The maximum absolute atomic E-state index is 12.0. The monoisotopic (exact) mass is 282 g/mol. The van der Waals surface area contributed by atoms with Gasteiger partial charge in [-0.2, -0.15) is 0 Å². The molecule has 0 unspecified atom stereocenters. The van der Waals surface area contributed by atoms with Crippen molar-refractivity contribution < 1.29 is 4.79 Å². The number of hydrazine groups is 1. The van der Waals surface area contributed by atoms with Crippen LogP contribution in [0.3, 0.4) is 0 Å². The first kappa shape index (κ1) is 14.1. The molecule has 5 nitrogen and oxygen atoms in total. The van der Waals surface area contributed by atoms with Crippen molar-refractivity contribution in [3.8, 4) is 0 Å². The number of anilines is 1. The van der Waals surface area contributed by atoms with E-state index in [4.69, 9.17) is 17.4 Å². The zero-order valence-electron chi connectivity index (χ0n) is 10.8. The highest BCUT2D eigenvalue weighted by Crippen LogP contribution is 2.27. The lowest BCUT2D eigenvalue weighted by Crippen LogP contribution is -2.27. The van der Waals surface area contributed by atoms with Crippen molar-refractivity contribution in [2.24, 2.45) is 11.8 Å². The highest BCUT2D eigenvalue weighted by molar-refractivity contribution is 6.33. The molecule has 0 aliphatic heterocycles. The van der Waals surface area contributed by atoms with E-state index in [1.807, 2.05) is 0 Å². The smallest absolute Gasteiger partial charge is 0.271 e. The van der Waals surface area contributed by atoms with Crippen LogP contribution in [0, 0.1) is 5.92 Å². The minimum Gasteiger partial charge on any atom is -0.351 e. The van der Waals surface area contributed by atoms with Crippen LogP contribution in [-0.2, 0) is 0 Å². The molecule has 1 fully saturated rings. The van der Waals surface area contributed by atoms with Crippen molar-refractivity contribution in [2.75, 3.05) is 12.0 Å². The molecule has 1 heterocycles. The molecular weight excluding hydrogens is 264 g/mol. The minimum absolute atomic E-state index is 0.212. The Morgan fingerprint density at radius 1 is 1.42 bits per heavy atom. The summed E-state index contributed by atoms with van der Waals surface area (Å²) >= 11 is 5.96. The Bertz CT molecular complexity index is 446. The van der Waals surface area contributed by atoms with E-state index in [0.29, 0.717) is 17.4 Å². The highest BCUT2D eigenvalue weighted by atomic mass is 35.5. The van der Waals surface area contributed by atoms with Gasteiger partial charge in [-0.15, -0.1) is 0 Å². The number of carbonyl (C=O) groups is 1. The van der Waals surface area contributed by atoms with Gasteiger partial charge >= 0.3 is 0 Å². The third kappa shape index (κ3) is 3.81. The predicted octanol–water partition coefficient (Wildman–Crippen LogP) is 2.33. The second-order valence-electron chi connectivity index (χ2n) is 4.87. The Morgan fingerprint density at radius 3 is 2.84 bits per heavy atom. The fourth-order valence-corrected chi connectivity index (χ4v) is 2.65. The van der Waals surface area contributed by atoms with Gasteiger partial charge in [0.25, 0.3) is 5.91 Å². The number of halogens is 1. The van der Waals surface area contributed by atoms with Crippen molar-refractivity contribution in [3.63, 3.8) is 0 Å². The van der Waals surface area contributed by atoms with Gasteiger partial charge in [-0.05, 0) is 24.5 Å². The van der Waals surface area contributed by atoms with Gasteiger partial charge in [0.05, 0.1) is 5.02 Å². The van der Waals surface area contributed by atoms with Crippen molar-refractivity contribution in [2.45, 2.75) is 32.1 Å². The van der Waals surface area contributed by atoms with Gasteiger partial charge in [-0.1, -0.05) is 37.3 Å². The van der Waals surface area contributed by atoms with Gasteiger partial charge in [0.1, 0.15) is 11.5 Å². The lowest BCUT2D eigenvalue weighted by Gasteiger charge is -2.10. The van der Waals surface area contributed by atoms with Gasteiger partial charge in [-0.25, -0.2) is 10.8 Å². The van der Waals surface area contributed by atoms with E-state index in [-0.39, 0.29) is 11.6 Å². The molecule has 1 saturated carbocycles. The molecule has 0 spiro atoms. The minimum atomic E-state index is -0.250. The summed E-state index contributed by atoms with van der Waals surface area (Å²) in [5, 5.41) is 3.19. The zero-order valence-corrected chi connectivity index (χ0v) is 11.5. The highest BCUT2D eigenvalue weighted by Gasteiger charge is 2.16. The number of amides is 1. The van der Waals surface area contributed by atoms with Gasteiger partial charge in [0, 0.05) is 6.54 Å². The summed E-state index contributed by atoms with van der Waals surface area (Å²) in [7, 11) is 0. The molecule has 0 radical (unpaired) electrons. The van der Waals surface area contributed by atoms with Crippen molar-refractivity contribution in [3.05, 3.63) is 22.8 Å². The molecule has 6 heteroatoms. The van der Waals surface area contributed by atoms with Gasteiger partial charge in [-0.3, -0.25) is 4.79 Å².